The van der Waals surface area contributed by atoms with Gasteiger partial charge in [0, 0.05) is 11.9 Å². The van der Waals surface area contributed by atoms with Crippen molar-refractivity contribution in [2.75, 3.05) is 5.73 Å². The Kier molecular flexibility index (Phi) is 1.63. The number of hydrogen-bond donors (Lipinski definition) is 2. The van der Waals surface area contributed by atoms with Gasteiger partial charge in [-0.25, -0.2) is 0 Å². The first kappa shape index (κ1) is 9.03. The van der Waals surface area contributed by atoms with E-state index in [0.29, 0.717) is 5.52 Å². The molecule has 80 valence electrons. The van der Waals surface area contributed by atoms with Crippen molar-refractivity contribution in [3.63, 3.8) is 0 Å². The third-order valence-corrected chi connectivity index (χ3v) is 2.87. The van der Waals surface area contributed by atoms with Crippen LogP contribution in [-0.4, -0.2) is 9.38 Å². The van der Waals surface area contributed by atoms with E-state index in [1.54, 1.807) is 6.07 Å². The molecule has 3 aromatic rings. The number of nitrogen functional groups attached to an aromatic ring is 1. The van der Waals surface area contributed by atoms with E-state index in [-0.39, 0.29) is 5.56 Å². The number of aromatic nitrogens is 2. The van der Waals surface area contributed by atoms with Gasteiger partial charge in [-0.15, -0.1) is 0 Å². The van der Waals surface area contributed by atoms with E-state index in [9.17, 15) is 4.79 Å². The Morgan fingerprint density at radius 3 is 2.94 bits per heavy atom. The fourth-order valence-corrected chi connectivity index (χ4v) is 1.97. The summed E-state index contributed by atoms with van der Waals surface area (Å²) in [6, 6.07) is 7.41. The number of fused-ring (bicyclic) bond motifs is 3. The fourth-order valence-electron chi connectivity index (χ4n) is 1.97. The van der Waals surface area contributed by atoms with Gasteiger partial charge in [0.25, 0.3) is 5.56 Å². The SMILES string of the molecule is Cc1cc2[nH]c(=O)c3cccn3c2cc1N. The molecule has 0 aliphatic heterocycles. The van der Waals surface area contributed by atoms with Gasteiger partial charge in [-0.1, -0.05) is 0 Å². The number of rotatable bonds is 0. The van der Waals surface area contributed by atoms with Crippen LogP contribution in [0.3, 0.4) is 0 Å². The van der Waals surface area contributed by atoms with Crippen molar-refractivity contribution in [3.8, 4) is 0 Å². The summed E-state index contributed by atoms with van der Waals surface area (Å²) in [6.07, 6.45) is 1.86. The van der Waals surface area contributed by atoms with Crippen LogP contribution in [0.2, 0.25) is 0 Å². The molecule has 4 heteroatoms. The second kappa shape index (κ2) is 2.88. The molecule has 0 radical (unpaired) electrons. The number of nitrogens with one attached hydrogen (secondary N) is 1. The number of aryl methyl sites for hydroxylation is 1. The molecule has 0 fully saturated rings. The molecule has 0 unspecified atom stereocenters. The second-order valence-corrected chi connectivity index (χ2v) is 3.94. The zero-order valence-corrected chi connectivity index (χ0v) is 8.82. The molecule has 0 aliphatic carbocycles. The van der Waals surface area contributed by atoms with Gasteiger partial charge in [0.1, 0.15) is 5.52 Å². The van der Waals surface area contributed by atoms with Gasteiger partial charge in [-0.3, -0.25) is 4.79 Å². The molecule has 0 bridgehead atoms. The van der Waals surface area contributed by atoms with Crippen molar-refractivity contribution >= 4 is 22.2 Å². The first-order valence-corrected chi connectivity index (χ1v) is 5.06. The molecule has 1 aromatic carbocycles. The van der Waals surface area contributed by atoms with E-state index >= 15 is 0 Å². The number of nitrogens with zero attached hydrogens (tertiary/aromatic N) is 1. The monoisotopic (exact) mass is 213 g/mol. The number of H-pyrrole nitrogens is 1. The Morgan fingerprint density at radius 2 is 2.12 bits per heavy atom. The Bertz CT molecular complexity index is 752. The van der Waals surface area contributed by atoms with Gasteiger partial charge in [0.2, 0.25) is 0 Å². The third-order valence-electron chi connectivity index (χ3n) is 2.87. The van der Waals surface area contributed by atoms with Crippen LogP contribution >= 0.6 is 0 Å². The summed E-state index contributed by atoms with van der Waals surface area (Å²) in [4.78, 5) is 14.6. The summed E-state index contributed by atoms with van der Waals surface area (Å²) >= 11 is 0. The second-order valence-electron chi connectivity index (χ2n) is 3.94. The Balaban J connectivity index is 2.64. The molecule has 0 atom stereocenters. The van der Waals surface area contributed by atoms with Gasteiger partial charge < -0.3 is 15.1 Å². The van der Waals surface area contributed by atoms with Gasteiger partial charge >= 0.3 is 0 Å². The molecule has 3 N–H and O–H groups in total. The number of aromatic amines is 1. The predicted molar refractivity (Wildman–Crippen MR) is 64.7 cm³/mol. The van der Waals surface area contributed by atoms with E-state index in [4.69, 9.17) is 5.73 Å². The minimum absolute atomic E-state index is 0.0818. The number of hydrogen-bond acceptors (Lipinski definition) is 2. The van der Waals surface area contributed by atoms with E-state index < -0.39 is 0 Å². The molecular formula is C12H11N3O. The molecular weight excluding hydrogens is 202 g/mol. The Morgan fingerprint density at radius 1 is 1.31 bits per heavy atom. The smallest absolute Gasteiger partial charge is 0.272 e. The van der Waals surface area contributed by atoms with Gasteiger partial charge in [-0.2, -0.15) is 0 Å². The highest BCUT2D eigenvalue weighted by Crippen LogP contribution is 2.19. The van der Waals surface area contributed by atoms with Crippen molar-refractivity contribution in [3.05, 3.63) is 46.4 Å². The van der Waals surface area contributed by atoms with Gasteiger partial charge in [-0.05, 0) is 36.8 Å². The Hall–Kier alpha value is -2.23. The maximum Gasteiger partial charge on any atom is 0.272 e. The zero-order valence-electron chi connectivity index (χ0n) is 8.82. The van der Waals surface area contributed by atoms with Crippen LogP contribution in [0.1, 0.15) is 5.56 Å². The van der Waals surface area contributed by atoms with Gasteiger partial charge in [0.15, 0.2) is 0 Å². The molecule has 0 aliphatic rings. The molecule has 2 aromatic heterocycles. The highest BCUT2D eigenvalue weighted by molar-refractivity contribution is 5.82. The maximum atomic E-state index is 11.7. The highest BCUT2D eigenvalue weighted by atomic mass is 16.1. The summed E-state index contributed by atoms with van der Waals surface area (Å²) in [6.45, 7) is 1.92. The topological polar surface area (TPSA) is 63.3 Å². The van der Waals surface area contributed by atoms with Crippen LogP contribution in [-0.2, 0) is 0 Å². The van der Waals surface area contributed by atoms with E-state index in [2.05, 4.69) is 4.98 Å². The summed E-state index contributed by atoms with van der Waals surface area (Å²) in [5.74, 6) is 0. The zero-order chi connectivity index (χ0) is 11.3. The molecule has 4 nitrogen and oxygen atoms in total. The predicted octanol–water partition coefficient (Wildman–Crippen LogP) is 1.67. The summed E-state index contributed by atoms with van der Waals surface area (Å²) in [5.41, 5.74) is 9.85. The standard InChI is InChI=1S/C12H11N3O/c1-7-5-9-11(6-8(7)13)15-4-2-3-10(15)12(16)14-9/h2-6H,13H2,1H3,(H,14,16). The average molecular weight is 213 g/mol. The lowest BCUT2D eigenvalue weighted by molar-refractivity contribution is 1.19. The van der Waals surface area contributed by atoms with Crippen molar-refractivity contribution in [1.82, 2.24) is 9.38 Å². The summed E-state index contributed by atoms with van der Waals surface area (Å²) < 4.78 is 1.85. The third kappa shape index (κ3) is 1.07. The van der Waals surface area contributed by atoms with Crippen LogP contribution in [0.4, 0.5) is 5.69 Å². The Labute approximate surface area is 91.3 Å². The molecule has 0 saturated heterocycles. The first-order chi connectivity index (χ1) is 7.66. The van der Waals surface area contributed by atoms with Crippen molar-refractivity contribution in [2.45, 2.75) is 6.92 Å². The molecule has 0 spiro atoms. The van der Waals surface area contributed by atoms with E-state index in [1.807, 2.05) is 35.7 Å². The largest absolute Gasteiger partial charge is 0.398 e. The van der Waals surface area contributed by atoms with E-state index in [1.165, 1.54) is 0 Å². The fraction of sp³-hybridized carbons (Fsp3) is 0.0833. The average Bonchev–Trinajstić information content (AvgIpc) is 2.71. The van der Waals surface area contributed by atoms with Crippen molar-refractivity contribution in [2.24, 2.45) is 0 Å². The number of benzene rings is 1. The first-order valence-electron chi connectivity index (χ1n) is 5.06. The normalized spacial score (nSPS) is 11.3. The van der Waals surface area contributed by atoms with Crippen molar-refractivity contribution in [1.29, 1.82) is 0 Å². The lowest BCUT2D eigenvalue weighted by Crippen LogP contribution is -2.09. The minimum Gasteiger partial charge on any atom is -0.398 e. The van der Waals surface area contributed by atoms with Crippen LogP contribution in [0.25, 0.3) is 16.6 Å². The quantitative estimate of drug-likeness (QED) is 0.558. The summed E-state index contributed by atoms with van der Waals surface area (Å²) in [5, 5.41) is 0. The molecule has 0 saturated carbocycles. The number of anilines is 1. The molecule has 16 heavy (non-hydrogen) atoms. The summed E-state index contributed by atoms with van der Waals surface area (Å²) in [7, 11) is 0. The lowest BCUT2D eigenvalue weighted by Gasteiger charge is -2.06. The van der Waals surface area contributed by atoms with Crippen LogP contribution < -0.4 is 11.3 Å². The van der Waals surface area contributed by atoms with E-state index in [0.717, 1.165) is 22.3 Å². The van der Waals surface area contributed by atoms with Crippen molar-refractivity contribution < 1.29 is 0 Å². The van der Waals surface area contributed by atoms with Crippen LogP contribution in [0.15, 0.2) is 35.3 Å². The highest BCUT2D eigenvalue weighted by Gasteiger charge is 2.05. The lowest BCUT2D eigenvalue weighted by atomic mass is 10.1. The van der Waals surface area contributed by atoms with Crippen LogP contribution in [0, 0.1) is 6.92 Å². The molecule has 0 amide bonds. The van der Waals surface area contributed by atoms with Crippen LogP contribution in [0.5, 0.6) is 0 Å². The number of nitrogens with two attached hydrogens (primary N) is 1. The molecule has 2 heterocycles. The minimum atomic E-state index is -0.0818. The molecule has 3 rings (SSSR count). The van der Waals surface area contributed by atoms with Gasteiger partial charge in [0.05, 0.1) is 11.0 Å². The maximum absolute atomic E-state index is 11.7.